The van der Waals surface area contributed by atoms with Gasteiger partial charge in [0.05, 0.1) is 19.3 Å². The summed E-state index contributed by atoms with van der Waals surface area (Å²) in [5, 5.41) is 10.0. The molecule has 2 fully saturated rings. The second kappa shape index (κ2) is 11.8. The average molecular weight is 513 g/mol. The predicted octanol–water partition coefficient (Wildman–Crippen LogP) is 4.89. The van der Waals surface area contributed by atoms with E-state index < -0.39 is 17.8 Å². The van der Waals surface area contributed by atoms with E-state index in [1.807, 2.05) is 4.90 Å². The third-order valence-corrected chi connectivity index (χ3v) is 7.57. The second-order valence-electron chi connectivity index (χ2n) is 10.4. The first-order valence-corrected chi connectivity index (χ1v) is 13.6. The number of carboxylic acid groups (broad SMARTS) is 1. The number of aromatic nitrogens is 1. The van der Waals surface area contributed by atoms with Crippen LogP contribution in [0.5, 0.6) is 11.5 Å². The summed E-state index contributed by atoms with van der Waals surface area (Å²) in [7, 11) is 1.73. The van der Waals surface area contributed by atoms with Crippen LogP contribution in [0.3, 0.4) is 0 Å². The van der Waals surface area contributed by atoms with Crippen molar-refractivity contribution < 1.29 is 28.5 Å². The number of halogens is 1. The summed E-state index contributed by atoms with van der Waals surface area (Å²) in [6.07, 6.45) is 9.94. The number of methoxy groups -OCH3 is 1. The molecular formula is C29H37FN2O5. The van der Waals surface area contributed by atoms with Crippen molar-refractivity contribution in [2.45, 2.75) is 82.5 Å². The molecule has 1 aromatic carbocycles. The van der Waals surface area contributed by atoms with E-state index in [0.29, 0.717) is 31.0 Å². The molecule has 2 heterocycles. The summed E-state index contributed by atoms with van der Waals surface area (Å²) < 4.78 is 31.7. The summed E-state index contributed by atoms with van der Waals surface area (Å²) in [4.78, 5) is 19.0. The van der Waals surface area contributed by atoms with Crippen molar-refractivity contribution in [1.29, 1.82) is 0 Å². The van der Waals surface area contributed by atoms with Crippen LogP contribution < -0.4 is 9.47 Å². The molecule has 5 rings (SSSR count). The summed E-state index contributed by atoms with van der Waals surface area (Å²) in [5.74, 6) is -0.0191. The molecule has 8 heteroatoms. The first-order valence-electron chi connectivity index (χ1n) is 13.6. The molecule has 1 aliphatic heterocycles. The number of hydrogen-bond donors (Lipinski definition) is 1. The third kappa shape index (κ3) is 6.41. The maximum absolute atomic E-state index is 14.1. The molecule has 2 aliphatic carbocycles. The fourth-order valence-corrected chi connectivity index (χ4v) is 5.51. The highest BCUT2D eigenvalue weighted by Crippen LogP contribution is 2.36. The van der Waals surface area contributed by atoms with Gasteiger partial charge in [-0.3, -0.25) is 14.7 Å². The molecule has 3 aliphatic rings. The molecule has 1 saturated carbocycles. The van der Waals surface area contributed by atoms with E-state index in [9.17, 15) is 14.3 Å². The van der Waals surface area contributed by atoms with Crippen LogP contribution in [0.1, 0.15) is 73.5 Å². The number of fused-ring (bicyclic) bond motifs is 1. The number of aryl methyl sites for hydroxylation is 2. The van der Waals surface area contributed by atoms with Crippen LogP contribution in [-0.4, -0.2) is 60.0 Å². The topological polar surface area (TPSA) is 81.1 Å². The Labute approximate surface area is 217 Å². The Kier molecular flexibility index (Phi) is 8.25. The van der Waals surface area contributed by atoms with Gasteiger partial charge in [0.2, 0.25) is 0 Å². The van der Waals surface area contributed by atoms with E-state index in [1.165, 1.54) is 36.2 Å². The standard InChI is InChI=1S/C29H37FN2O5/c1-35-27-17-20(31-25-8-3-2-7-23(25)27)6-4-5-15-36-22-13-14-32(18-22)28(29(33)34)24-16-19(30)9-12-26(24)37-21-10-11-21/h9,12,16-17,21-22,28H,2-8,10-11,13-15,18H2,1H3,(H,33,34)/t22-,28?/m1/s1. The van der Waals surface area contributed by atoms with Crippen LogP contribution in [0.2, 0.25) is 0 Å². The Morgan fingerprint density at radius 1 is 1.14 bits per heavy atom. The molecule has 1 saturated heterocycles. The summed E-state index contributed by atoms with van der Waals surface area (Å²) in [6, 6.07) is 5.30. The number of unbranched alkanes of at least 4 members (excludes halogenated alkanes) is 1. The number of benzene rings is 1. The lowest BCUT2D eigenvalue weighted by Gasteiger charge is -2.26. The number of rotatable bonds is 12. The molecule has 0 bridgehead atoms. The second-order valence-corrected chi connectivity index (χ2v) is 10.4. The van der Waals surface area contributed by atoms with Gasteiger partial charge in [-0.2, -0.15) is 0 Å². The van der Waals surface area contributed by atoms with Gasteiger partial charge in [-0.25, -0.2) is 4.39 Å². The van der Waals surface area contributed by atoms with Gasteiger partial charge in [0.25, 0.3) is 0 Å². The van der Waals surface area contributed by atoms with Gasteiger partial charge < -0.3 is 19.3 Å². The van der Waals surface area contributed by atoms with Gasteiger partial charge in [0, 0.05) is 48.3 Å². The molecule has 1 unspecified atom stereocenters. The van der Waals surface area contributed by atoms with Gasteiger partial charge >= 0.3 is 5.97 Å². The van der Waals surface area contributed by atoms with E-state index in [-0.39, 0.29) is 12.2 Å². The van der Waals surface area contributed by atoms with Crippen molar-refractivity contribution in [2.75, 3.05) is 26.8 Å². The molecule has 200 valence electrons. The predicted molar refractivity (Wildman–Crippen MR) is 137 cm³/mol. The number of pyridine rings is 1. The SMILES string of the molecule is COc1cc(CCCCO[C@@H]2CCN(C(C(=O)O)c3cc(F)ccc3OC3CC3)C2)nc2c1CCCC2. The smallest absolute Gasteiger partial charge is 0.325 e. The van der Waals surface area contributed by atoms with Crippen molar-refractivity contribution in [1.82, 2.24) is 9.88 Å². The Morgan fingerprint density at radius 2 is 1.97 bits per heavy atom. The molecular weight excluding hydrogens is 475 g/mol. The van der Waals surface area contributed by atoms with E-state index >= 15 is 0 Å². The number of ether oxygens (including phenoxy) is 3. The zero-order chi connectivity index (χ0) is 25.8. The zero-order valence-corrected chi connectivity index (χ0v) is 21.6. The molecule has 7 nitrogen and oxygen atoms in total. The monoisotopic (exact) mass is 512 g/mol. The molecule has 37 heavy (non-hydrogen) atoms. The fraction of sp³-hybridized carbons (Fsp3) is 0.586. The summed E-state index contributed by atoms with van der Waals surface area (Å²) >= 11 is 0. The molecule has 0 radical (unpaired) electrons. The fourth-order valence-electron chi connectivity index (χ4n) is 5.51. The minimum atomic E-state index is -1.00. The van der Waals surface area contributed by atoms with Crippen molar-refractivity contribution in [3.63, 3.8) is 0 Å². The van der Waals surface area contributed by atoms with Gasteiger partial charge in [-0.05, 0) is 82.4 Å². The Hall–Kier alpha value is -2.71. The maximum Gasteiger partial charge on any atom is 0.325 e. The molecule has 2 atom stereocenters. The molecule has 1 aromatic heterocycles. The maximum atomic E-state index is 14.1. The lowest BCUT2D eigenvalue weighted by atomic mass is 9.94. The highest BCUT2D eigenvalue weighted by atomic mass is 19.1. The third-order valence-electron chi connectivity index (χ3n) is 7.57. The van der Waals surface area contributed by atoms with Crippen LogP contribution in [-0.2, 0) is 28.8 Å². The quantitative estimate of drug-likeness (QED) is 0.406. The van der Waals surface area contributed by atoms with E-state index in [4.69, 9.17) is 19.2 Å². The average Bonchev–Trinajstić information content (AvgIpc) is 3.60. The van der Waals surface area contributed by atoms with E-state index in [1.54, 1.807) is 13.2 Å². The van der Waals surface area contributed by atoms with Gasteiger partial charge in [0.1, 0.15) is 23.4 Å². The largest absolute Gasteiger partial charge is 0.496 e. The normalized spacial score (nSPS) is 20.4. The van der Waals surface area contributed by atoms with Gasteiger partial charge in [0.15, 0.2) is 0 Å². The number of hydrogen-bond acceptors (Lipinski definition) is 6. The number of carbonyl (C=O) groups is 1. The molecule has 0 amide bonds. The highest BCUT2D eigenvalue weighted by molar-refractivity contribution is 5.77. The van der Waals surface area contributed by atoms with Crippen LogP contribution >= 0.6 is 0 Å². The van der Waals surface area contributed by atoms with Crippen molar-refractivity contribution in [3.8, 4) is 11.5 Å². The highest BCUT2D eigenvalue weighted by Gasteiger charge is 2.37. The Morgan fingerprint density at radius 3 is 2.76 bits per heavy atom. The van der Waals surface area contributed by atoms with Gasteiger partial charge in [-0.15, -0.1) is 0 Å². The molecule has 2 aromatic rings. The lowest BCUT2D eigenvalue weighted by Crippen LogP contribution is -2.34. The van der Waals surface area contributed by atoms with Crippen LogP contribution in [0, 0.1) is 5.82 Å². The Bertz CT molecular complexity index is 1090. The minimum Gasteiger partial charge on any atom is -0.496 e. The van der Waals surface area contributed by atoms with E-state index in [0.717, 1.165) is 62.8 Å². The molecule has 0 spiro atoms. The summed E-state index contributed by atoms with van der Waals surface area (Å²) in [5.41, 5.74) is 3.93. The first kappa shape index (κ1) is 25.9. The molecule has 1 N–H and O–H groups in total. The van der Waals surface area contributed by atoms with Crippen LogP contribution in [0.4, 0.5) is 4.39 Å². The van der Waals surface area contributed by atoms with Crippen LogP contribution in [0.25, 0.3) is 0 Å². The lowest BCUT2D eigenvalue weighted by molar-refractivity contribution is -0.143. The number of likely N-dealkylation sites (tertiary alicyclic amines) is 1. The van der Waals surface area contributed by atoms with E-state index in [2.05, 4.69) is 6.07 Å². The minimum absolute atomic E-state index is 0.0369. The summed E-state index contributed by atoms with van der Waals surface area (Å²) in [6.45, 7) is 1.70. The Balaban J connectivity index is 1.12. The number of nitrogens with zero attached hydrogens (tertiary/aromatic N) is 2. The number of aliphatic carboxylic acids is 1. The van der Waals surface area contributed by atoms with Gasteiger partial charge in [-0.1, -0.05) is 0 Å². The van der Waals surface area contributed by atoms with Crippen molar-refractivity contribution >= 4 is 5.97 Å². The van der Waals surface area contributed by atoms with Crippen molar-refractivity contribution in [3.05, 3.63) is 52.6 Å². The number of carboxylic acids is 1. The zero-order valence-electron chi connectivity index (χ0n) is 21.6. The van der Waals surface area contributed by atoms with Crippen LogP contribution in [0.15, 0.2) is 24.3 Å². The van der Waals surface area contributed by atoms with Crippen molar-refractivity contribution in [2.24, 2.45) is 0 Å². The first-order chi connectivity index (χ1) is 18.0.